The second-order valence-electron chi connectivity index (χ2n) is 39.4. The van der Waals surface area contributed by atoms with Gasteiger partial charge in [0.25, 0.3) is 0 Å². The van der Waals surface area contributed by atoms with E-state index in [1.165, 1.54) is 76.4 Å². The van der Waals surface area contributed by atoms with Gasteiger partial charge in [0.1, 0.15) is 106 Å². The molecule has 2 saturated carbocycles. The van der Waals surface area contributed by atoms with Gasteiger partial charge < -0.3 is 63.4 Å². The fourth-order valence-electron chi connectivity index (χ4n) is 20.4. The number of hydrogen-bond donors (Lipinski definition) is 5. The Balaban J connectivity index is 0.000000140. The number of aromatic nitrogens is 14. The molecule has 5 N–H and O–H groups in total. The first-order valence-electron chi connectivity index (χ1n) is 49.8. The molecule has 2 aliphatic carbocycles. The number of halogens is 11. The minimum Gasteiger partial charge on any atom is -0.394 e. The van der Waals surface area contributed by atoms with Gasteiger partial charge in [-0.3, -0.25) is 38.8 Å². The van der Waals surface area contributed by atoms with E-state index < -0.39 is 77.3 Å². The molecule has 147 heavy (non-hydrogen) atoms. The maximum Gasteiger partial charge on any atom is 0.419 e. The molecule has 0 spiro atoms. The van der Waals surface area contributed by atoms with Crippen molar-refractivity contribution in [2.24, 2.45) is 23.7 Å². The third kappa shape index (κ3) is 26.5. The van der Waals surface area contributed by atoms with Gasteiger partial charge in [-0.25, -0.2) is 53.3 Å². The molecule has 42 heteroatoms. The van der Waals surface area contributed by atoms with E-state index in [1.807, 2.05) is 106 Å². The third-order valence-corrected chi connectivity index (χ3v) is 28.5. The maximum atomic E-state index is 14.5. The van der Waals surface area contributed by atoms with Gasteiger partial charge in [-0.2, -0.15) is 44.6 Å². The molecule has 0 radical (unpaired) electrons. The number of carbonyl (C=O) groups is 4. The monoisotopic (exact) mass is 2040 g/mol. The smallest absolute Gasteiger partial charge is 0.394 e. The van der Waals surface area contributed by atoms with Crippen molar-refractivity contribution in [3.63, 3.8) is 0 Å². The summed E-state index contributed by atoms with van der Waals surface area (Å²) in [5, 5.41) is 60.2. The molecule has 13 aromatic rings. The second-order valence-corrected chi connectivity index (χ2v) is 39.4. The highest BCUT2D eigenvalue weighted by Crippen LogP contribution is 2.42. The Hall–Kier alpha value is -12.7. The topological polar surface area (TPSA) is 336 Å². The average molecular weight is 2050 g/mol. The lowest BCUT2D eigenvalue weighted by Gasteiger charge is -2.39. The number of anilines is 4. The molecule has 4 aromatic carbocycles. The minimum atomic E-state index is -4.74. The molecule has 0 amide bonds. The van der Waals surface area contributed by atoms with Gasteiger partial charge in [0.05, 0.1) is 101 Å². The fourth-order valence-corrected chi connectivity index (χ4v) is 20.4. The number of ketones is 4. The van der Waals surface area contributed by atoms with Crippen molar-refractivity contribution in [3.05, 3.63) is 228 Å². The van der Waals surface area contributed by atoms with Crippen molar-refractivity contribution in [1.82, 2.24) is 87.5 Å². The zero-order chi connectivity index (χ0) is 104. The van der Waals surface area contributed by atoms with Gasteiger partial charge in [0.2, 0.25) is 0 Å². The van der Waals surface area contributed by atoms with Gasteiger partial charge >= 0.3 is 18.5 Å². The molecule has 4 aliphatic heterocycles. The summed E-state index contributed by atoms with van der Waals surface area (Å²) < 4.78 is 155. The molecule has 4 saturated heterocycles. The van der Waals surface area contributed by atoms with Crippen molar-refractivity contribution >= 4 is 90.5 Å². The van der Waals surface area contributed by atoms with E-state index in [2.05, 4.69) is 90.9 Å². The summed E-state index contributed by atoms with van der Waals surface area (Å²) in [7, 11) is 0. The molecule has 6 aliphatic rings. The molecular weight excluding hydrogens is 1920 g/mol. The van der Waals surface area contributed by atoms with Crippen molar-refractivity contribution in [1.29, 1.82) is 0 Å². The van der Waals surface area contributed by atoms with E-state index in [1.54, 1.807) is 24.3 Å². The molecule has 19 rings (SSSR count). The Morgan fingerprint density at radius 2 is 0.789 bits per heavy atom. The Kier molecular flexibility index (Phi) is 34.1. The molecular formula is C105H123F11N22O9. The normalized spacial score (nSPS) is 20.0. The summed E-state index contributed by atoms with van der Waals surface area (Å²) in [5.74, 6) is 0.885. The van der Waals surface area contributed by atoms with E-state index in [-0.39, 0.29) is 78.1 Å². The first kappa shape index (κ1) is 107. The highest BCUT2D eigenvalue weighted by Gasteiger charge is 2.41. The van der Waals surface area contributed by atoms with Gasteiger partial charge in [0, 0.05) is 170 Å². The van der Waals surface area contributed by atoms with Crippen LogP contribution in [-0.2, 0) is 90.1 Å². The van der Waals surface area contributed by atoms with Crippen LogP contribution in [0.4, 0.5) is 71.6 Å². The lowest BCUT2D eigenvalue weighted by Crippen LogP contribution is -2.52. The number of likely N-dealkylation sites (tertiary alicyclic amines) is 4. The quantitative estimate of drug-likeness (QED) is 0.0234. The number of aliphatic hydroxyl groups excluding tert-OH is 5. The number of aliphatic hydroxyl groups is 5. The minimum absolute atomic E-state index is 0.000348. The Labute approximate surface area is 842 Å². The van der Waals surface area contributed by atoms with Crippen LogP contribution in [0.15, 0.2) is 178 Å². The maximum absolute atomic E-state index is 14.5. The zero-order valence-electron chi connectivity index (χ0n) is 82.7. The van der Waals surface area contributed by atoms with Gasteiger partial charge in [0.15, 0.2) is 0 Å². The fraction of sp³-hybridized carbons (Fsp3) is 0.476. The number of benzene rings is 4. The molecule has 784 valence electrons. The summed E-state index contributed by atoms with van der Waals surface area (Å²) in [6.07, 6.45) is 8.83. The summed E-state index contributed by atoms with van der Waals surface area (Å²) in [6.45, 7) is 20.0. The van der Waals surface area contributed by atoms with E-state index in [0.717, 1.165) is 150 Å². The van der Waals surface area contributed by atoms with Crippen LogP contribution in [0, 0.1) is 35.3 Å². The van der Waals surface area contributed by atoms with Crippen molar-refractivity contribution < 1.29 is 93.0 Å². The summed E-state index contributed by atoms with van der Waals surface area (Å²) >= 11 is 0. The number of piperidine rings is 4. The Bertz CT molecular complexity index is 6670. The van der Waals surface area contributed by atoms with Crippen LogP contribution >= 0.6 is 0 Å². The SMILES string of the molecule is CC(=O)C(CO)N1CCC(Cn2ccc3c(N(Cc4ccc(C(F)(F)F)cc4)C4CC4)ncnc32)C(O)C1.CC(=O)CN1CCC(Cn2ccc3c(N(Cc4ccc(-n5cccn5)cc4)C4CC4)ncnc32)C(O)C1.CCN(Cc1ccc(C(F)(F)F)c(F)c1)c1ncnc2c1ccn2CC1CCN(CC(C)=O)CC1O.CCN(Cc1ccc(C(F)(F)F)cc1F)c1ncnc2c1ccn2CC1CCN(CC(C)=O)CC1O. The van der Waals surface area contributed by atoms with Crippen LogP contribution in [0.25, 0.3) is 49.8 Å². The number of hydrogen-bond acceptors (Lipinski definition) is 26. The Morgan fingerprint density at radius 1 is 0.408 bits per heavy atom. The first-order chi connectivity index (χ1) is 70.3. The van der Waals surface area contributed by atoms with E-state index >= 15 is 0 Å². The van der Waals surface area contributed by atoms with Crippen molar-refractivity contribution in [2.45, 2.75) is 206 Å². The zero-order valence-corrected chi connectivity index (χ0v) is 82.7. The molecule has 0 bridgehead atoms. The van der Waals surface area contributed by atoms with Gasteiger partial charge in [-0.15, -0.1) is 0 Å². The molecule has 9 aromatic heterocycles. The molecule has 9 unspecified atom stereocenters. The predicted molar refractivity (Wildman–Crippen MR) is 531 cm³/mol. The van der Waals surface area contributed by atoms with E-state index in [4.69, 9.17) is 4.98 Å². The Morgan fingerprint density at radius 3 is 1.14 bits per heavy atom. The second kappa shape index (κ2) is 46.8. The molecule has 9 atom stereocenters. The number of nitrogens with zero attached hydrogens (tertiary/aromatic N) is 22. The predicted octanol–water partition coefficient (Wildman–Crippen LogP) is 14.1. The largest absolute Gasteiger partial charge is 0.419 e. The molecule has 6 fully saturated rings. The summed E-state index contributed by atoms with van der Waals surface area (Å²) in [6, 6.07) is 29.2. The van der Waals surface area contributed by atoms with Crippen LogP contribution in [0.3, 0.4) is 0 Å². The van der Waals surface area contributed by atoms with Gasteiger partial charge in [-0.1, -0.05) is 36.4 Å². The average Bonchev–Trinajstić information content (AvgIpc) is 1.62. The number of β-amino-alcohol motifs (C(OH)–C–C–N with tert-alkyl or cyclic N) is 4. The van der Waals surface area contributed by atoms with Crippen LogP contribution in [0.2, 0.25) is 0 Å². The number of Topliss-reactive ketones (excluding diaryl/α,β-unsaturated/α-hetero) is 4. The van der Waals surface area contributed by atoms with Crippen LogP contribution in [0.1, 0.15) is 132 Å². The number of fused-ring (bicyclic) bond motifs is 4. The highest BCUT2D eigenvalue weighted by atomic mass is 19.4. The van der Waals surface area contributed by atoms with Crippen LogP contribution in [-0.4, -0.2) is 270 Å². The highest BCUT2D eigenvalue weighted by molar-refractivity contribution is 5.91. The number of rotatable bonds is 34. The summed E-state index contributed by atoms with van der Waals surface area (Å²) in [4.78, 5) is 98.1. The molecule has 13 heterocycles. The lowest BCUT2D eigenvalue weighted by atomic mass is 9.92. The summed E-state index contributed by atoms with van der Waals surface area (Å²) in [5.41, 5.74) is 3.58. The lowest BCUT2D eigenvalue weighted by molar-refractivity contribution is -0.140. The van der Waals surface area contributed by atoms with Gasteiger partial charge in [-0.05, 0) is 215 Å². The van der Waals surface area contributed by atoms with Crippen LogP contribution < -0.4 is 19.6 Å². The van der Waals surface area contributed by atoms with Crippen LogP contribution in [0.5, 0.6) is 0 Å². The standard InChI is InChI=1S/C28H33N7O2.C27H32F3N5O3.2C25H29F4N5O2/c1-20(36)15-32-13-9-22(26(37)18-32)17-33-14-10-25-27(33)29-19-30-28(25)34(23-7-8-23)16-21-3-5-24(6-4-21)35-12-2-11-31-35;1-17(37)23(15-36)33-10-8-19(24(38)14-33)13-34-11-9-22-25(34)31-16-32-26(22)35(21-6-7-21)12-18-2-4-20(5-3-18)27(28,29)30;1-3-33(12-17-4-5-19(10-21(17)26)25(27,28)29)23-20-7-9-34(24(20)31-15-30-23)13-18-6-8-32(11-16(2)35)14-22(18)36;1-3-33(12-17-4-5-20(21(26)10-17)25(27,28)29)23-19-7-9-34(24(19)31-15-30-23)13-18-6-8-32(11-16(2)35)14-22(18)36/h2-6,10-12,14,19,22-23,26,37H,7-9,13,15-18H2,1H3;2-5,9,11,16,19,21,23-24,36,38H,6-8,10,12-15H2,1H3;2*4-5,7,9-10,15,18,22,36H,3,6,8,11-14H2,1-2H3. The number of alkyl halides is 9. The third-order valence-electron chi connectivity index (χ3n) is 28.5. The molecule has 31 nitrogen and oxygen atoms in total. The number of carbonyl (C=O) groups excluding carboxylic acids is 4. The van der Waals surface area contributed by atoms with E-state index in [9.17, 15) is 93.0 Å². The van der Waals surface area contributed by atoms with Crippen molar-refractivity contribution in [3.8, 4) is 5.69 Å². The van der Waals surface area contributed by atoms with E-state index in [0.29, 0.717) is 145 Å². The van der Waals surface area contributed by atoms with Crippen molar-refractivity contribution in [2.75, 3.05) is 111 Å². The first-order valence-corrected chi connectivity index (χ1v) is 49.8.